The van der Waals surface area contributed by atoms with Gasteiger partial charge in [0.1, 0.15) is 0 Å². The van der Waals surface area contributed by atoms with E-state index in [9.17, 15) is 0 Å². The van der Waals surface area contributed by atoms with Crippen molar-refractivity contribution in [2.24, 2.45) is 0 Å². The second kappa shape index (κ2) is 10.1. The third kappa shape index (κ3) is 6.30. The number of rotatable bonds is 7. The van der Waals surface area contributed by atoms with E-state index in [-0.39, 0.29) is 0 Å². The van der Waals surface area contributed by atoms with E-state index >= 15 is 0 Å². The molecule has 0 bridgehead atoms. The molecule has 0 aliphatic carbocycles. The minimum absolute atomic E-state index is 0.442. The van der Waals surface area contributed by atoms with Gasteiger partial charge in [-0.15, -0.1) is 0 Å². The van der Waals surface area contributed by atoms with Crippen LogP contribution in [0.2, 0.25) is 0 Å². The van der Waals surface area contributed by atoms with Gasteiger partial charge in [-0.1, -0.05) is 95.9 Å². The Bertz CT molecular complexity index is 650. The van der Waals surface area contributed by atoms with Crippen LogP contribution in [0.3, 0.4) is 0 Å². The first-order valence-corrected chi connectivity index (χ1v) is 9.94. The summed E-state index contributed by atoms with van der Waals surface area (Å²) in [5.74, 6) is 2.37. The molecule has 2 aromatic rings. The quantitative estimate of drug-likeness (QED) is 0.315. The van der Waals surface area contributed by atoms with Crippen LogP contribution in [0, 0.1) is 0 Å². The number of hydrogen-bond acceptors (Lipinski definition) is 0. The van der Waals surface area contributed by atoms with E-state index in [1.807, 2.05) is 0 Å². The zero-order valence-electron chi connectivity index (χ0n) is 14.9. The summed E-state index contributed by atoms with van der Waals surface area (Å²) in [6.45, 7) is 6.54. The Morgan fingerprint density at radius 2 is 1.38 bits per heavy atom. The molecular weight excluding hydrogens is 307 g/mol. The van der Waals surface area contributed by atoms with E-state index in [0.29, 0.717) is 0 Å². The van der Waals surface area contributed by atoms with E-state index in [1.54, 1.807) is 0 Å². The highest BCUT2D eigenvalue weighted by molar-refractivity contribution is 7.75. The minimum atomic E-state index is -0.442. The van der Waals surface area contributed by atoms with Crippen LogP contribution in [0.15, 0.2) is 95.9 Å². The van der Waals surface area contributed by atoms with Crippen molar-refractivity contribution >= 4 is 18.5 Å². The molecule has 2 aromatic carbocycles. The van der Waals surface area contributed by atoms with E-state index in [2.05, 4.69) is 105 Å². The smallest absolute Gasteiger partial charge is 0.0157 e. The fourth-order valence-electron chi connectivity index (χ4n) is 2.46. The molecule has 0 aliphatic heterocycles. The van der Waals surface area contributed by atoms with Crippen LogP contribution in [0.25, 0.3) is 0 Å². The highest BCUT2D eigenvalue weighted by atomic mass is 31.1. The molecule has 24 heavy (non-hydrogen) atoms. The predicted molar refractivity (Wildman–Crippen MR) is 111 cm³/mol. The van der Waals surface area contributed by atoms with Gasteiger partial charge in [0, 0.05) is 0 Å². The molecule has 0 unspecified atom stereocenters. The first-order valence-electron chi connectivity index (χ1n) is 8.53. The number of benzene rings is 2. The molecule has 0 spiro atoms. The second-order valence-electron chi connectivity index (χ2n) is 6.22. The van der Waals surface area contributed by atoms with Crippen molar-refractivity contribution in [3.63, 3.8) is 0 Å². The number of allylic oxidation sites excluding steroid dienone is 5. The zero-order valence-corrected chi connectivity index (χ0v) is 15.8. The van der Waals surface area contributed by atoms with Crippen molar-refractivity contribution < 1.29 is 0 Å². The van der Waals surface area contributed by atoms with Gasteiger partial charge in [0.15, 0.2) is 0 Å². The molecule has 0 nitrogen and oxygen atoms in total. The van der Waals surface area contributed by atoms with Crippen molar-refractivity contribution in [2.45, 2.75) is 33.6 Å². The maximum atomic E-state index is 2.37. The van der Waals surface area contributed by atoms with E-state index in [0.717, 1.165) is 12.8 Å². The van der Waals surface area contributed by atoms with Gasteiger partial charge in [0.05, 0.1) is 0 Å². The summed E-state index contributed by atoms with van der Waals surface area (Å²) < 4.78 is 0. The summed E-state index contributed by atoms with van der Waals surface area (Å²) in [6.07, 6.45) is 9.07. The van der Waals surface area contributed by atoms with Crippen LogP contribution >= 0.6 is 7.92 Å². The third-order valence-electron chi connectivity index (χ3n) is 3.78. The van der Waals surface area contributed by atoms with Gasteiger partial charge in [-0.05, 0) is 52.1 Å². The minimum Gasteiger partial charge on any atom is -0.0856 e. The van der Waals surface area contributed by atoms with Gasteiger partial charge >= 0.3 is 0 Å². The standard InChI is InChI=1S/C23H27P/c1-20(2)12-10-13-21(3)14-11-19-24(22-15-6-4-7-16-22)23-17-8-5-9-18-23/h4-9,11-12,14-19H,10,13H2,1-3H3/b19-11+,21-14+. The van der Waals surface area contributed by atoms with Crippen LogP contribution in [0.1, 0.15) is 33.6 Å². The number of hydrogen-bond donors (Lipinski definition) is 0. The lowest BCUT2D eigenvalue weighted by Gasteiger charge is -2.14. The van der Waals surface area contributed by atoms with Crippen molar-refractivity contribution in [3.8, 4) is 0 Å². The van der Waals surface area contributed by atoms with Crippen molar-refractivity contribution in [2.75, 3.05) is 0 Å². The average Bonchev–Trinajstić information content (AvgIpc) is 2.60. The van der Waals surface area contributed by atoms with Crippen LogP contribution in [-0.4, -0.2) is 0 Å². The Morgan fingerprint density at radius 3 is 1.88 bits per heavy atom. The van der Waals surface area contributed by atoms with Crippen molar-refractivity contribution in [1.29, 1.82) is 0 Å². The Morgan fingerprint density at radius 1 is 0.833 bits per heavy atom. The Kier molecular flexibility index (Phi) is 7.72. The molecule has 0 saturated carbocycles. The van der Waals surface area contributed by atoms with Gasteiger partial charge in [-0.25, -0.2) is 0 Å². The Hall–Kier alpha value is -1.91. The van der Waals surface area contributed by atoms with E-state index in [1.165, 1.54) is 21.8 Å². The predicted octanol–water partition coefficient (Wildman–Crippen LogP) is 6.33. The van der Waals surface area contributed by atoms with E-state index < -0.39 is 7.92 Å². The first kappa shape index (κ1) is 18.4. The fraction of sp³-hybridized carbons (Fsp3) is 0.217. The summed E-state index contributed by atoms with van der Waals surface area (Å²) in [7, 11) is -0.442. The molecule has 0 radical (unpaired) electrons. The molecule has 0 heterocycles. The largest absolute Gasteiger partial charge is 0.0856 e. The molecule has 0 amide bonds. The maximum Gasteiger partial charge on any atom is -0.0157 e. The normalized spacial score (nSPS) is 11.9. The maximum absolute atomic E-state index is 2.37. The Labute approximate surface area is 148 Å². The summed E-state index contributed by atoms with van der Waals surface area (Å²) in [5, 5.41) is 2.79. The summed E-state index contributed by atoms with van der Waals surface area (Å²) in [4.78, 5) is 0. The molecule has 0 saturated heterocycles. The molecule has 0 aromatic heterocycles. The van der Waals surface area contributed by atoms with Gasteiger partial charge in [0.2, 0.25) is 0 Å². The highest BCUT2D eigenvalue weighted by Gasteiger charge is 2.08. The molecule has 0 N–H and O–H groups in total. The Balaban J connectivity index is 2.13. The summed E-state index contributed by atoms with van der Waals surface area (Å²) in [5.41, 5.74) is 2.83. The monoisotopic (exact) mass is 334 g/mol. The van der Waals surface area contributed by atoms with Crippen molar-refractivity contribution in [1.82, 2.24) is 0 Å². The SMILES string of the molecule is CC(C)=CCC/C(C)=C/C=C/P(c1ccccc1)c1ccccc1. The van der Waals surface area contributed by atoms with Crippen LogP contribution in [0.4, 0.5) is 0 Å². The molecule has 2 rings (SSSR count). The first-order chi connectivity index (χ1) is 11.7. The molecule has 0 fully saturated rings. The highest BCUT2D eigenvalue weighted by Crippen LogP contribution is 2.35. The zero-order chi connectivity index (χ0) is 17.2. The molecular formula is C23H27P. The lowest BCUT2D eigenvalue weighted by Crippen LogP contribution is -2.09. The molecule has 124 valence electrons. The third-order valence-corrected chi connectivity index (χ3v) is 5.96. The summed E-state index contributed by atoms with van der Waals surface area (Å²) >= 11 is 0. The molecule has 1 heteroatoms. The van der Waals surface area contributed by atoms with Gasteiger partial charge in [0.25, 0.3) is 0 Å². The lowest BCUT2D eigenvalue weighted by atomic mass is 10.1. The van der Waals surface area contributed by atoms with Crippen LogP contribution in [0.5, 0.6) is 0 Å². The van der Waals surface area contributed by atoms with Crippen LogP contribution in [-0.2, 0) is 0 Å². The topological polar surface area (TPSA) is 0 Å². The van der Waals surface area contributed by atoms with Gasteiger partial charge in [-0.3, -0.25) is 0 Å². The average molecular weight is 334 g/mol. The van der Waals surface area contributed by atoms with Gasteiger partial charge in [-0.2, -0.15) is 0 Å². The van der Waals surface area contributed by atoms with Gasteiger partial charge < -0.3 is 0 Å². The molecule has 0 aliphatic rings. The lowest BCUT2D eigenvalue weighted by molar-refractivity contribution is 0.967. The van der Waals surface area contributed by atoms with E-state index in [4.69, 9.17) is 0 Å². The van der Waals surface area contributed by atoms with Crippen LogP contribution < -0.4 is 10.6 Å². The fourth-order valence-corrected chi connectivity index (χ4v) is 4.35. The molecule has 0 atom stereocenters. The second-order valence-corrected chi connectivity index (χ2v) is 8.29. The van der Waals surface area contributed by atoms with Crippen molar-refractivity contribution in [3.05, 3.63) is 95.9 Å². The summed E-state index contributed by atoms with van der Waals surface area (Å²) in [6, 6.07) is 21.6.